The summed E-state index contributed by atoms with van der Waals surface area (Å²) in [5, 5.41) is 0. The minimum Gasteiger partial charge on any atom is -0.335 e. The zero-order valence-electron chi connectivity index (χ0n) is 25.2. The van der Waals surface area contributed by atoms with Crippen molar-refractivity contribution in [1.82, 2.24) is 0 Å². The molecule has 0 aliphatic heterocycles. The summed E-state index contributed by atoms with van der Waals surface area (Å²) in [5.74, 6) is 0. The highest BCUT2D eigenvalue weighted by molar-refractivity contribution is 4.66. The summed E-state index contributed by atoms with van der Waals surface area (Å²) in [6.45, 7) is 21.0. The molecule has 0 rings (SSSR count). The normalized spacial score (nSPS) is 13.9. The van der Waals surface area contributed by atoms with Gasteiger partial charge in [-0.25, -0.2) is 0 Å². The lowest BCUT2D eigenvalue weighted by Gasteiger charge is -2.34. The Hall–Kier alpha value is -0.0800. The second-order valence-electron chi connectivity index (χ2n) is 12.0. The van der Waals surface area contributed by atoms with Crippen molar-refractivity contribution in [3.63, 3.8) is 0 Å². The molecule has 0 aromatic heterocycles. The quantitative estimate of drug-likeness (QED) is 0.113. The number of hydrogen-bond donors (Lipinski definition) is 2. The average molecular weight is 483 g/mol. The first-order chi connectivity index (χ1) is 16.5. The average Bonchev–Trinajstić information content (AvgIpc) is 2.82. The summed E-state index contributed by atoms with van der Waals surface area (Å²) in [6.07, 6.45) is 29.0. The maximum atomic E-state index is 2.48. The van der Waals surface area contributed by atoms with E-state index in [0.717, 1.165) is 0 Å². The molecule has 34 heavy (non-hydrogen) atoms. The van der Waals surface area contributed by atoms with Crippen molar-refractivity contribution in [2.24, 2.45) is 0 Å². The van der Waals surface area contributed by atoms with E-state index in [2.05, 4.69) is 41.5 Å². The Balaban J connectivity index is 3.31. The van der Waals surface area contributed by atoms with E-state index in [9.17, 15) is 0 Å². The van der Waals surface area contributed by atoms with E-state index in [1.54, 1.807) is 4.90 Å². The molecule has 0 radical (unpaired) electrons. The third-order valence-electron chi connectivity index (χ3n) is 8.37. The Kier molecular flexibility index (Phi) is 24.5. The molecule has 2 heteroatoms. The van der Waals surface area contributed by atoms with Gasteiger partial charge in [0.1, 0.15) is 0 Å². The molecule has 0 amide bonds. The molecule has 0 aromatic carbocycles. The number of unbranched alkanes of at least 4 members (excludes halogenated alkanes) is 16. The molecule has 0 saturated carbocycles. The van der Waals surface area contributed by atoms with Crippen LogP contribution < -0.4 is 9.80 Å². The van der Waals surface area contributed by atoms with Crippen LogP contribution >= 0.6 is 0 Å². The summed E-state index contributed by atoms with van der Waals surface area (Å²) in [6, 6.07) is 0. The number of quaternary nitrogens is 2. The van der Waals surface area contributed by atoms with Crippen LogP contribution in [0.3, 0.4) is 0 Å². The minimum atomic E-state index is 0.469. The van der Waals surface area contributed by atoms with E-state index in [0.29, 0.717) is 5.54 Å². The smallest absolute Gasteiger partial charge is 0.0919 e. The van der Waals surface area contributed by atoms with Gasteiger partial charge >= 0.3 is 0 Å². The van der Waals surface area contributed by atoms with E-state index in [1.165, 1.54) is 161 Å². The van der Waals surface area contributed by atoms with Gasteiger partial charge < -0.3 is 9.80 Å². The molecule has 2 nitrogen and oxygen atoms in total. The molecule has 0 heterocycles. The van der Waals surface area contributed by atoms with Crippen LogP contribution in [0.4, 0.5) is 0 Å². The molecule has 2 atom stereocenters. The van der Waals surface area contributed by atoms with Crippen LogP contribution in [0.1, 0.15) is 170 Å². The van der Waals surface area contributed by atoms with Gasteiger partial charge in [-0.15, -0.1) is 0 Å². The zero-order chi connectivity index (χ0) is 25.3. The van der Waals surface area contributed by atoms with Crippen LogP contribution in [0.25, 0.3) is 0 Å². The first-order valence-electron chi connectivity index (χ1n) is 16.2. The van der Waals surface area contributed by atoms with Crippen LogP contribution in [0.15, 0.2) is 0 Å². The van der Waals surface area contributed by atoms with Crippen molar-refractivity contribution in [2.45, 2.75) is 175 Å². The van der Waals surface area contributed by atoms with E-state index in [-0.39, 0.29) is 0 Å². The van der Waals surface area contributed by atoms with Gasteiger partial charge in [-0.05, 0) is 59.8 Å². The monoisotopic (exact) mass is 483 g/mol. The predicted molar refractivity (Wildman–Crippen MR) is 155 cm³/mol. The van der Waals surface area contributed by atoms with Gasteiger partial charge in [0, 0.05) is 6.42 Å². The summed E-state index contributed by atoms with van der Waals surface area (Å²) in [4.78, 5) is 3.61. The zero-order valence-corrected chi connectivity index (χ0v) is 25.2. The molecule has 206 valence electrons. The topological polar surface area (TPSA) is 8.88 Å². The highest BCUT2D eigenvalue weighted by Crippen LogP contribution is 2.16. The summed E-state index contributed by atoms with van der Waals surface area (Å²) < 4.78 is 0. The van der Waals surface area contributed by atoms with Crippen LogP contribution in [0.5, 0.6) is 0 Å². The molecule has 2 unspecified atom stereocenters. The molecule has 0 fully saturated rings. The molecular formula is C32H70N2+2. The molecule has 0 aliphatic rings. The first-order valence-corrected chi connectivity index (χ1v) is 16.2. The van der Waals surface area contributed by atoms with E-state index in [4.69, 9.17) is 0 Å². The fraction of sp³-hybridized carbons (Fsp3) is 1.00. The fourth-order valence-electron chi connectivity index (χ4n) is 5.90. The molecule has 0 aliphatic carbocycles. The lowest BCUT2D eigenvalue weighted by molar-refractivity contribution is -0.947. The first kappa shape index (κ1) is 33.9. The van der Waals surface area contributed by atoms with Crippen molar-refractivity contribution in [2.75, 3.05) is 32.7 Å². The second-order valence-corrected chi connectivity index (χ2v) is 12.0. The summed E-state index contributed by atoms with van der Waals surface area (Å²) in [5.41, 5.74) is 0.469. The molecule has 0 spiro atoms. The Morgan fingerprint density at radius 3 is 1.15 bits per heavy atom. The van der Waals surface area contributed by atoms with Crippen molar-refractivity contribution < 1.29 is 9.80 Å². The number of rotatable bonds is 27. The van der Waals surface area contributed by atoms with Gasteiger partial charge in [0.2, 0.25) is 0 Å². The maximum Gasteiger partial charge on any atom is 0.0919 e. The van der Waals surface area contributed by atoms with Crippen molar-refractivity contribution >= 4 is 0 Å². The van der Waals surface area contributed by atoms with E-state index >= 15 is 0 Å². The molecule has 2 N–H and O–H groups in total. The standard InChI is InChI=1S/C32H68N2/c1-7-29-33(9-3)31-27-25-23-21-19-17-15-13-11-12-14-16-18-20-22-24-26-28-32(5,6)34(10-4)30-8-2/h7-31H2,1-6H3/p+2. The van der Waals surface area contributed by atoms with Gasteiger partial charge in [0.05, 0.1) is 38.3 Å². The molecule has 0 aromatic rings. The Morgan fingerprint density at radius 2 is 0.794 bits per heavy atom. The largest absolute Gasteiger partial charge is 0.335 e. The van der Waals surface area contributed by atoms with Gasteiger partial charge in [-0.1, -0.05) is 104 Å². The SMILES string of the molecule is CCC[NH+](CC)CCCCCCCCCCCCCCCCCCCC(C)(C)[NH+](CC)CCC. The second kappa shape index (κ2) is 24.6. The molecule has 0 saturated heterocycles. The molecular weight excluding hydrogens is 412 g/mol. The van der Waals surface area contributed by atoms with Crippen LogP contribution in [-0.2, 0) is 0 Å². The van der Waals surface area contributed by atoms with Gasteiger partial charge in [-0.2, -0.15) is 0 Å². The van der Waals surface area contributed by atoms with Crippen molar-refractivity contribution in [1.29, 1.82) is 0 Å². The lowest BCUT2D eigenvalue weighted by Crippen LogP contribution is -3.19. The van der Waals surface area contributed by atoms with Crippen LogP contribution in [0.2, 0.25) is 0 Å². The van der Waals surface area contributed by atoms with E-state index in [1.807, 2.05) is 4.90 Å². The van der Waals surface area contributed by atoms with E-state index < -0.39 is 0 Å². The Morgan fingerprint density at radius 1 is 0.412 bits per heavy atom. The molecule has 0 bridgehead atoms. The summed E-state index contributed by atoms with van der Waals surface area (Å²) >= 11 is 0. The summed E-state index contributed by atoms with van der Waals surface area (Å²) in [7, 11) is 0. The Bertz CT molecular complexity index is 392. The highest BCUT2D eigenvalue weighted by atomic mass is 15.2. The Labute approximate surface area is 218 Å². The van der Waals surface area contributed by atoms with Crippen LogP contribution in [-0.4, -0.2) is 38.3 Å². The van der Waals surface area contributed by atoms with Crippen molar-refractivity contribution in [3.05, 3.63) is 0 Å². The van der Waals surface area contributed by atoms with Gasteiger partial charge in [0.15, 0.2) is 0 Å². The highest BCUT2D eigenvalue weighted by Gasteiger charge is 2.27. The fourth-order valence-corrected chi connectivity index (χ4v) is 5.90. The number of hydrogen-bond acceptors (Lipinski definition) is 0. The minimum absolute atomic E-state index is 0.469. The maximum absolute atomic E-state index is 2.48. The lowest BCUT2D eigenvalue weighted by atomic mass is 9.93. The number of nitrogens with one attached hydrogen (secondary N) is 2. The van der Waals surface area contributed by atoms with Crippen LogP contribution in [0, 0.1) is 0 Å². The predicted octanol–water partition coefficient (Wildman–Crippen LogP) is 7.42. The third-order valence-corrected chi connectivity index (χ3v) is 8.37. The third kappa shape index (κ3) is 20.1. The van der Waals surface area contributed by atoms with Gasteiger partial charge in [-0.3, -0.25) is 0 Å². The van der Waals surface area contributed by atoms with Crippen molar-refractivity contribution in [3.8, 4) is 0 Å². The van der Waals surface area contributed by atoms with Gasteiger partial charge in [0.25, 0.3) is 0 Å².